The lowest BCUT2D eigenvalue weighted by atomic mass is 9.93. The minimum Gasteiger partial charge on any atom is -0.339 e. The fourth-order valence-corrected chi connectivity index (χ4v) is 2.30. The minimum absolute atomic E-state index is 0.224. The van der Waals surface area contributed by atoms with Crippen molar-refractivity contribution >= 4 is 5.91 Å². The van der Waals surface area contributed by atoms with Gasteiger partial charge in [-0.3, -0.25) is 4.79 Å². The number of carbonyl (C=O) groups is 1. The Morgan fingerprint density at radius 3 is 2.47 bits per heavy atom. The van der Waals surface area contributed by atoms with E-state index in [0.29, 0.717) is 11.9 Å². The number of amides is 1. The van der Waals surface area contributed by atoms with Crippen molar-refractivity contribution in [3.63, 3.8) is 0 Å². The predicted molar refractivity (Wildman–Crippen MR) is 63.7 cm³/mol. The molecule has 0 spiro atoms. The van der Waals surface area contributed by atoms with Gasteiger partial charge >= 0.3 is 0 Å². The normalized spacial score (nSPS) is 23.7. The van der Waals surface area contributed by atoms with E-state index in [-0.39, 0.29) is 5.41 Å². The van der Waals surface area contributed by atoms with Crippen molar-refractivity contribution in [2.75, 3.05) is 6.54 Å². The van der Waals surface area contributed by atoms with E-state index in [2.05, 4.69) is 11.8 Å². The first kappa shape index (κ1) is 12.5. The monoisotopic (exact) mass is 211 g/mol. The van der Waals surface area contributed by atoms with Crippen LogP contribution in [0.1, 0.15) is 59.8 Å². The molecular formula is C13H25NO. The van der Waals surface area contributed by atoms with Gasteiger partial charge in [0.2, 0.25) is 5.91 Å². The summed E-state index contributed by atoms with van der Waals surface area (Å²) in [6, 6.07) is 0.485. The lowest BCUT2D eigenvalue weighted by Gasteiger charge is -2.34. The molecule has 88 valence electrons. The molecule has 0 bridgehead atoms. The molecule has 0 aliphatic carbocycles. The van der Waals surface area contributed by atoms with Crippen LogP contribution in [0, 0.1) is 5.41 Å². The van der Waals surface area contributed by atoms with Crippen molar-refractivity contribution in [3.8, 4) is 0 Å². The maximum atomic E-state index is 12.3. The van der Waals surface area contributed by atoms with Gasteiger partial charge in [-0.2, -0.15) is 0 Å². The maximum Gasteiger partial charge on any atom is 0.228 e. The van der Waals surface area contributed by atoms with Crippen LogP contribution >= 0.6 is 0 Å². The Hall–Kier alpha value is -0.530. The van der Waals surface area contributed by atoms with Gasteiger partial charge in [0.15, 0.2) is 0 Å². The second-order valence-corrected chi connectivity index (χ2v) is 5.66. The Balaban J connectivity index is 2.74. The molecule has 15 heavy (non-hydrogen) atoms. The standard InChI is InChI=1S/C13H25NO/c1-5-11-9-7-6-8-10-14(11)12(15)13(2,3)4/h11H,5-10H2,1-4H3. The first-order valence-electron chi connectivity index (χ1n) is 6.28. The molecule has 1 aliphatic rings. The molecule has 1 amide bonds. The van der Waals surface area contributed by atoms with Gasteiger partial charge < -0.3 is 4.90 Å². The number of carbonyl (C=O) groups excluding carboxylic acids is 1. The molecular weight excluding hydrogens is 186 g/mol. The summed E-state index contributed by atoms with van der Waals surface area (Å²) >= 11 is 0. The molecule has 0 aromatic heterocycles. The third kappa shape index (κ3) is 3.22. The summed E-state index contributed by atoms with van der Waals surface area (Å²) in [5, 5.41) is 0. The molecule has 1 rings (SSSR count). The topological polar surface area (TPSA) is 20.3 Å². The van der Waals surface area contributed by atoms with Gasteiger partial charge in [0.25, 0.3) is 0 Å². The zero-order valence-corrected chi connectivity index (χ0v) is 10.7. The van der Waals surface area contributed by atoms with Crippen molar-refractivity contribution in [2.24, 2.45) is 5.41 Å². The first-order chi connectivity index (χ1) is 6.96. The van der Waals surface area contributed by atoms with E-state index >= 15 is 0 Å². The molecule has 0 aromatic carbocycles. The van der Waals surface area contributed by atoms with E-state index in [1.54, 1.807) is 0 Å². The number of hydrogen-bond acceptors (Lipinski definition) is 1. The molecule has 2 heteroatoms. The molecule has 1 fully saturated rings. The van der Waals surface area contributed by atoms with Crippen LogP contribution in [-0.4, -0.2) is 23.4 Å². The van der Waals surface area contributed by atoms with Crippen LogP contribution in [0.4, 0.5) is 0 Å². The summed E-state index contributed by atoms with van der Waals surface area (Å²) < 4.78 is 0. The summed E-state index contributed by atoms with van der Waals surface area (Å²) in [5.74, 6) is 0.330. The average Bonchev–Trinajstić information content (AvgIpc) is 2.39. The van der Waals surface area contributed by atoms with Gasteiger partial charge in [-0.25, -0.2) is 0 Å². The van der Waals surface area contributed by atoms with Crippen molar-refractivity contribution in [1.82, 2.24) is 4.90 Å². The van der Waals surface area contributed by atoms with Gasteiger partial charge in [0.1, 0.15) is 0 Å². The molecule has 1 heterocycles. The van der Waals surface area contributed by atoms with Crippen LogP contribution in [0.2, 0.25) is 0 Å². The molecule has 0 N–H and O–H groups in total. The highest BCUT2D eigenvalue weighted by Crippen LogP contribution is 2.25. The summed E-state index contributed by atoms with van der Waals surface area (Å²) in [4.78, 5) is 14.4. The van der Waals surface area contributed by atoms with Crippen molar-refractivity contribution in [2.45, 2.75) is 65.8 Å². The van der Waals surface area contributed by atoms with E-state index in [4.69, 9.17) is 0 Å². The average molecular weight is 211 g/mol. The van der Waals surface area contributed by atoms with Crippen LogP contribution in [0.25, 0.3) is 0 Å². The van der Waals surface area contributed by atoms with E-state index in [1.165, 1.54) is 25.7 Å². The highest BCUT2D eigenvalue weighted by atomic mass is 16.2. The molecule has 0 aromatic rings. The van der Waals surface area contributed by atoms with E-state index < -0.39 is 0 Å². The maximum absolute atomic E-state index is 12.3. The van der Waals surface area contributed by atoms with Crippen molar-refractivity contribution in [1.29, 1.82) is 0 Å². The summed E-state index contributed by atoms with van der Waals surface area (Å²) in [6.07, 6.45) is 6.04. The van der Waals surface area contributed by atoms with Gasteiger partial charge in [0, 0.05) is 18.0 Å². The molecule has 1 saturated heterocycles. The summed E-state index contributed by atoms with van der Waals surface area (Å²) in [6.45, 7) is 9.22. The van der Waals surface area contributed by atoms with Crippen LogP contribution in [-0.2, 0) is 4.79 Å². The molecule has 1 unspecified atom stereocenters. The SMILES string of the molecule is CCC1CCCCCN1C(=O)C(C)(C)C. The minimum atomic E-state index is -0.224. The fourth-order valence-electron chi connectivity index (χ4n) is 2.30. The molecule has 1 atom stereocenters. The Kier molecular flexibility index (Phi) is 4.18. The molecule has 2 nitrogen and oxygen atoms in total. The van der Waals surface area contributed by atoms with Gasteiger partial charge in [-0.1, -0.05) is 40.5 Å². The molecule has 0 saturated carbocycles. The Labute approximate surface area is 94.0 Å². The van der Waals surface area contributed by atoms with Crippen molar-refractivity contribution in [3.05, 3.63) is 0 Å². The number of rotatable bonds is 1. The highest BCUT2D eigenvalue weighted by Gasteiger charge is 2.31. The van der Waals surface area contributed by atoms with Crippen LogP contribution in [0.3, 0.4) is 0 Å². The number of nitrogens with zero attached hydrogens (tertiary/aromatic N) is 1. The Bertz CT molecular complexity index is 217. The van der Waals surface area contributed by atoms with Crippen LogP contribution < -0.4 is 0 Å². The van der Waals surface area contributed by atoms with E-state index in [9.17, 15) is 4.79 Å². The smallest absolute Gasteiger partial charge is 0.228 e. The predicted octanol–water partition coefficient (Wildman–Crippen LogP) is 3.21. The van der Waals surface area contributed by atoms with Crippen molar-refractivity contribution < 1.29 is 4.79 Å². The lowest BCUT2D eigenvalue weighted by molar-refractivity contribution is -0.141. The lowest BCUT2D eigenvalue weighted by Crippen LogP contribution is -2.45. The second kappa shape index (κ2) is 5.00. The third-order valence-electron chi connectivity index (χ3n) is 3.25. The van der Waals surface area contributed by atoms with E-state index in [0.717, 1.165) is 13.0 Å². The van der Waals surface area contributed by atoms with Crippen LogP contribution in [0.5, 0.6) is 0 Å². The summed E-state index contributed by atoms with van der Waals surface area (Å²) in [7, 11) is 0. The quantitative estimate of drug-likeness (QED) is 0.652. The first-order valence-corrected chi connectivity index (χ1v) is 6.28. The highest BCUT2D eigenvalue weighted by molar-refractivity contribution is 5.81. The van der Waals surface area contributed by atoms with Gasteiger partial charge in [-0.15, -0.1) is 0 Å². The van der Waals surface area contributed by atoms with Gasteiger partial charge in [0.05, 0.1) is 0 Å². The van der Waals surface area contributed by atoms with Crippen LogP contribution in [0.15, 0.2) is 0 Å². The third-order valence-corrected chi connectivity index (χ3v) is 3.25. The Morgan fingerprint density at radius 2 is 1.93 bits per heavy atom. The summed E-state index contributed by atoms with van der Waals surface area (Å²) in [5.41, 5.74) is -0.224. The zero-order valence-electron chi connectivity index (χ0n) is 10.7. The second-order valence-electron chi connectivity index (χ2n) is 5.66. The fraction of sp³-hybridized carbons (Fsp3) is 0.923. The van der Waals surface area contributed by atoms with E-state index in [1.807, 2.05) is 20.8 Å². The number of likely N-dealkylation sites (tertiary alicyclic amines) is 1. The molecule has 1 aliphatic heterocycles. The molecule has 0 radical (unpaired) electrons. The largest absolute Gasteiger partial charge is 0.339 e. The van der Waals surface area contributed by atoms with Gasteiger partial charge in [-0.05, 0) is 19.3 Å². The Morgan fingerprint density at radius 1 is 1.27 bits per heavy atom. The number of hydrogen-bond donors (Lipinski definition) is 0. The zero-order chi connectivity index (χ0) is 11.5.